The number of hydrogen-bond acceptors (Lipinski definition) is 3. The number of hydrogen-bond donors (Lipinski definition) is 0. The molecule has 1 aromatic heterocycles. The molecule has 0 aliphatic carbocycles. The van der Waals surface area contributed by atoms with Gasteiger partial charge >= 0.3 is 0 Å². The molecule has 1 aliphatic heterocycles. The van der Waals surface area contributed by atoms with E-state index in [2.05, 4.69) is 11.9 Å². The molecule has 4 nitrogen and oxygen atoms in total. The molecule has 1 aromatic rings. The molecular weight excluding hydrogens is 264 g/mol. The lowest BCUT2D eigenvalue weighted by Crippen LogP contribution is -2.36. The maximum atomic E-state index is 12.5. The topological polar surface area (TPSA) is 42.4 Å². The Kier molecular flexibility index (Phi) is 4.77. The zero-order valence-corrected chi connectivity index (χ0v) is 12.1. The van der Waals surface area contributed by atoms with Crippen molar-refractivity contribution in [2.45, 2.75) is 32.8 Å². The molecule has 0 bridgehead atoms. The number of amides is 1. The number of nitrogens with zero attached hydrogens (tertiary/aromatic N) is 2. The van der Waals surface area contributed by atoms with Crippen LogP contribution in [0, 0.1) is 6.92 Å². The van der Waals surface area contributed by atoms with Gasteiger partial charge < -0.3 is 9.64 Å². The minimum absolute atomic E-state index is 0.0104. The third-order valence-electron chi connectivity index (χ3n) is 3.35. The summed E-state index contributed by atoms with van der Waals surface area (Å²) in [4.78, 5) is 18.4. The van der Waals surface area contributed by atoms with E-state index < -0.39 is 0 Å². The van der Waals surface area contributed by atoms with Crippen molar-refractivity contribution in [2.24, 2.45) is 0 Å². The van der Waals surface area contributed by atoms with Crippen molar-refractivity contribution in [3.63, 3.8) is 0 Å². The monoisotopic (exact) mass is 282 g/mol. The Labute approximate surface area is 118 Å². The third kappa shape index (κ3) is 3.45. The summed E-state index contributed by atoms with van der Waals surface area (Å²) in [6.45, 7) is 6.04. The van der Waals surface area contributed by atoms with E-state index in [0.717, 1.165) is 31.6 Å². The normalized spacial score (nSPS) is 20.2. The van der Waals surface area contributed by atoms with E-state index in [9.17, 15) is 4.79 Å². The first kappa shape index (κ1) is 14.3. The summed E-state index contributed by atoms with van der Waals surface area (Å²) in [5, 5.41) is 0.446. The highest BCUT2D eigenvalue weighted by molar-refractivity contribution is 6.30. The predicted molar refractivity (Wildman–Crippen MR) is 74.5 cm³/mol. The average Bonchev–Trinajstić information content (AvgIpc) is 2.66. The van der Waals surface area contributed by atoms with Gasteiger partial charge in [0.1, 0.15) is 5.15 Å². The molecule has 1 aliphatic rings. The average molecular weight is 283 g/mol. The largest absolute Gasteiger partial charge is 0.376 e. The fraction of sp³-hybridized carbons (Fsp3) is 0.571. The van der Waals surface area contributed by atoms with Gasteiger partial charge in [-0.2, -0.15) is 0 Å². The number of carbonyl (C=O) groups excluding carboxylic acids is 1. The number of rotatable bonds is 2. The fourth-order valence-electron chi connectivity index (χ4n) is 2.18. The molecule has 2 rings (SSSR count). The summed E-state index contributed by atoms with van der Waals surface area (Å²) in [6, 6.07) is 1.80. The lowest BCUT2D eigenvalue weighted by atomic mass is 10.2. The second-order valence-electron chi connectivity index (χ2n) is 4.84. The van der Waals surface area contributed by atoms with Crippen LogP contribution in [-0.2, 0) is 4.74 Å². The summed E-state index contributed by atoms with van der Waals surface area (Å²) in [6.07, 6.45) is 3.47. The van der Waals surface area contributed by atoms with Crippen molar-refractivity contribution in [3.05, 3.63) is 28.5 Å². The van der Waals surface area contributed by atoms with Crippen LogP contribution in [0.2, 0.25) is 5.15 Å². The van der Waals surface area contributed by atoms with Crippen molar-refractivity contribution >= 4 is 17.5 Å². The third-order valence-corrected chi connectivity index (χ3v) is 3.75. The highest BCUT2D eigenvalue weighted by Crippen LogP contribution is 2.16. The van der Waals surface area contributed by atoms with Gasteiger partial charge in [-0.25, -0.2) is 4.98 Å². The number of aromatic nitrogens is 1. The summed E-state index contributed by atoms with van der Waals surface area (Å²) in [5.74, 6) is 0.0104. The van der Waals surface area contributed by atoms with Crippen LogP contribution in [0.4, 0.5) is 0 Å². The van der Waals surface area contributed by atoms with E-state index >= 15 is 0 Å². The first-order chi connectivity index (χ1) is 9.11. The molecule has 1 unspecified atom stereocenters. The molecule has 1 saturated heterocycles. The standard InChI is InChI=1S/C14H19ClN2O2/c1-3-12-9-17(5-4-6-19-12)14(18)11-7-10(2)13(15)16-8-11/h7-8,12H,3-6,9H2,1-2H3. The minimum atomic E-state index is 0.0104. The number of aryl methyl sites for hydroxylation is 1. The van der Waals surface area contributed by atoms with Crippen molar-refractivity contribution in [1.82, 2.24) is 9.88 Å². The van der Waals surface area contributed by atoms with Gasteiger partial charge in [-0.1, -0.05) is 18.5 Å². The summed E-state index contributed by atoms with van der Waals surface area (Å²) in [7, 11) is 0. The Morgan fingerprint density at radius 2 is 2.42 bits per heavy atom. The quantitative estimate of drug-likeness (QED) is 0.783. The molecule has 104 valence electrons. The highest BCUT2D eigenvalue weighted by atomic mass is 35.5. The Morgan fingerprint density at radius 3 is 3.11 bits per heavy atom. The van der Waals surface area contributed by atoms with Gasteiger partial charge in [0.05, 0.1) is 11.7 Å². The summed E-state index contributed by atoms with van der Waals surface area (Å²) < 4.78 is 5.68. The second kappa shape index (κ2) is 6.35. The molecule has 2 heterocycles. The van der Waals surface area contributed by atoms with Gasteiger partial charge in [0, 0.05) is 25.9 Å². The van der Waals surface area contributed by atoms with E-state index in [-0.39, 0.29) is 12.0 Å². The fourth-order valence-corrected chi connectivity index (χ4v) is 2.29. The number of halogens is 1. The minimum Gasteiger partial charge on any atom is -0.376 e. The van der Waals surface area contributed by atoms with Crippen LogP contribution in [0.15, 0.2) is 12.3 Å². The van der Waals surface area contributed by atoms with E-state index in [1.165, 1.54) is 0 Å². The zero-order valence-electron chi connectivity index (χ0n) is 11.4. The van der Waals surface area contributed by atoms with E-state index in [1.54, 1.807) is 12.3 Å². The van der Waals surface area contributed by atoms with Gasteiger partial charge in [-0.05, 0) is 31.4 Å². The van der Waals surface area contributed by atoms with Crippen molar-refractivity contribution < 1.29 is 9.53 Å². The van der Waals surface area contributed by atoms with Gasteiger partial charge in [-0.15, -0.1) is 0 Å². The molecule has 5 heteroatoms. The summed E-state index contributed by atoms with van der Waals surface area (Å²) in [5.41, 5.74) is 1.42. The number of pyridine rings is 1. The summed E-state index contributed by atoms with van der Waals surface area (Å²) >= 11 is 5.89. The highest BCUT2D eigenvalue weighted by Gasteiger charge is 2.22. The molecule has 19 heavy (non-hydrogen) atoms. The molecule has 0 radical (unpaired) electrons. The van der Waals surface area contributed by atoms with Crippen LogP contribution in [0.3, 0.4) is 0 Å². The Hall–Kier alpha value is -1.13. The molecule has 0 N–H and O–H groups in total. The Morgan fingerprint density at radius 1 is 1.63 bits per heavy atom. The maximum absolute atomic E-state index is 12.5. The van der Waals surface area contributed by atoms with Crippen LogP contribution in [-0.4, -0.2) is 41.6 Å². The first-order valence-corrected chi connectivity index (χ1v) is 7.02. The van der Waals surface area contributed by atoms with Crippen LogP contribution >= 0.6 is 11.6 Å². The Bertz CT molecular complexity index is 465. The molecule has 1 atom stereocenters. The van der Waals surface area contributed by atoms with Crippen LogP contribution in [0.25, 0.3) is 0 Å². The predicted octanol–water partition coefficient (Wildman–Crippen LogP) is 2.68. The molecule has 0 saturated carbocycles. The molecule has 1 amide bonds. The van der Waals surface area contributed by atoms with Crippen LogP contribution < -0.4 is 0 Å². The Balaban J connectivity index is 2.15. The van der Waals surface area contributed by atoms with E-state index in [1.807, 2.05) is 11.8 Å². The van der Waals surface area contributed by atoms with Crippen LogP contribution in [0.5, 0.6) is 0 Å². The lowest BCUT2D eigenvalue weighted by molar-refractivity contribution is 0.0460. The molecular formula is C14H19ClN2O2. The smallest absolute Gasteiger partial charge is 0.255 e. The van der Waals surface area contributed by atoms with Gasteiger partial charge in [0.25, 0.3) is 5.91 Å². The van der Waals surface area contributed by atoms with Crippen LogP contribution in [0.1, 0.15) is 35.7 Å². The molecule has 1 fully saturated rings. The maximum Gasteiger partial charge on any atom is 0.255 e. The zero-order chi connectivity index (χ0) is 13.8. The van der Waals surface area contributed by atoms with Crippen molar-refractivity contribution in [2.75, 3.05) is 19.7 Å². The van der Waals surface area contributed by atoms with Gasteiger partial charge in [-0.3, -0.25) is 4.79 Å². The number of carbonyl (C=O) groups is 1. The lowest BCUT2D eigenvalue weighted by Gasteiger charge is -2.23. The second-order valence-corrected chi connectivity index (χ2v) is 5.20. The van der Waals surface area contributed by atoms with E-state index in [0.29, 0.717) is 17.3 Å². The van der Waals surface area contributed by atoms with Crippen molar-refractivity contribution in [1.29, 1.82) is 0 Å². The van der Waals surface area contributed by atoms with E-state index in [4.69, 9.17) is 16.3 Å². The molecule has 0 spiro atoms. The number of ether oxygens (including phenoxy) is 1. The SMILES string of the molecule is CCC1CN(C(=O)c2cnc(Cl)c(C)c2)CCCO1. The first-order valence-electron chi connectivity index (χ1n) is 6.64. The molecule has 0 aromatic carbocycles. The van der Waals surface area contributed by atoms with Gasteiger partial charge in [0.15, 0.2) is 0 Å². The van der Waals surface area contributed by atoms with Crippen molar-refractivity contribution in [3.8, 4) is 0 Å². The van der Waals surface area contributed by atoms with Gasteiger partial charge in [0.2, 0.25) is 0 Å².